The molecule has 2 aromatic carbocycles. The van der Waals surface area contributed by atoms with Crippen LogP contribution < -0.4 is 10.8 Å². The van der Waals surface area contributed by atoms with Gasteiger partial charge in [0.1, 0.15) is 11.9 Å². The van der Waals surface area contributed by atoms with Crippen molar-refractivity contribution in [1.82, 2.24) is 5.48 Å². The van der Waals surface area contributed by atoms with Crippen LogP contribution in [0.3, 0.4) is 0 Å². The summed E-state index contributed by atoms with van der Waals surface area (Å²) < 4.78 is 42.8. The molecule has 5 nitrogen and oxygen atoms in total. The predicted molar refractivity (Wildman–Crippen MR) is 106 cm³/mol. The van der Waals surface area contributed by atoms with Crippen LogP contribution in [-0.2, 0) is 4.84 Å². The highest BCUT2D eigenvalue weighted by Gasteiger charge is 2.23. The number of amides is 1. The second-order valence-corrected chi connectivity index (χ2v) is 7.52. The zero-order valence-corrected chi connectivity index (χ0v) is 17.7. The second kappa shape index (κ2) is 9.71. The van der Waals surface area contributed by atoms with E-state index in [1.54, 1.807) is 13.0 Å². The number of aliphatic hydroxyl groups excluding tert-OH is 1. The fourth-order valence-electron chi connectivity index (χ4n) is 2.06. The lowest BCUT2D eigenvalue weighted by atomic mass is 10.1. The smallest absolute Gasteiger partial charge is 0.277 e. The van der Waals surface area contributed by atoms with Crippen LogP contribution in [0.1, 0.15) is 23.7 Å². The molecule has 0 aliphatic heterocycles. The van der Waals surface area contributed by atoms with E-state index in [0.29, 0.717) is 9.99 Å². The summed E-state index contributed by atoms with van der Waals surface area (Å²) in [5.41, 5.74) is 1.09. The minimum atomic E-state index is -1.36. The summed E-state index contributed by atoms with van der Waals surface area (Å²) >= 11 is 4.74. The molecule has 0 heterocycles. The van der Waals surface area contributed by atoms with Crippen molar-refractivity contribution in [3.05, 3.63) is 55.3 Å². The molecule has 0 saturated heterocycles. The monoisotopic (exact) mass is 558 g/mol. The van der Waals surface area contributed by atoms with Crippen LogP contribution in [0.4, 0.5) is 24.5 Å². The third-order valence-corrected chi connectivity index (χ3v) is 4.82. The van der Waals surface area contributed by atoms with Crippen LogP contribution in [0, 0.1) is 21.0 Å². The number of anilines is 2. The Morgan fingerprint density at radius 1 is 1.30 bits per heavy atom. The van der Waals surface area contributed by atoms with Crippen molar-refractivity contribution in [2.24, 2.45) is 0 Å². The number of carbonyl (C=O) groups excluding carboxylic acids is 1. The number of hydrogen-bond acceptors (Lipinski definition) is 4. The van der Waals surface area contributed by atoms with E-state index in [1.807, 2.05) is 22.6 Å². The van der Waals surface area contributed by atoms with Crippen LogP contribution in [0.25, 0.3) is 0 Å². The quantitative estimate of drug-likeness (QED) is 0.263. The van der Waals surface area contributed by atoms with E-state index in [9.17, 15) is 18.0 Å². The zero-order chi connectivity index (χ0) is 20.1. The topological polar surface area (TPSA) is 70.6 Å². The first-order valence-corrected chi connectivity index (χ1v) is 9.62. The van der Waals surface area contributed by atoms with Gasteiger partial charge in [-0.3, -0.25) is 9.63 Å². The Bertz CT molecular complexity index is 851. The maximum atomic E-state index is 14.5. The van der Waals surface area contributed by atoms with E-state index in [-0.39, 0.29) is 22.3 Å². The van der Waals surface area contributed by atoms with E-state index in [2.05, 4.69) is 26.7 Å². The van der Waals surface area contributed by atoms with E-state index in [0.717, 1.165) is 6.07 Å². The van der Waals surface area contributed by atoms with Crippen molar-refractivity contribution in [3.8, 4) is 0 Å². The van der Waals surface area contributed by atoms with Crippen molar-refractivity contribution in [1.29, 1.82) is 0 Å². The Morgan fingerprint density at radius 3 is 2.59 bits per heavy atom. The minimum Gasteiger partial charge on any atom is -0.394 e. The Kier molecular flexibility index (Phi) is 7.89. The van der Waals surface area contributed by atoms with Gasteiger partial charge < -0.3 is 10.4 Å². The molecule has 3 N–H and O–H groups in total. The fraction of sp³-hybridized carbons (Fsp3) is 0.235. The van der Waals surface area contributed by atoms with E-state index >= 15 is 0 Å². The molecule has 1 unspecified atom stereocenters. The number of nitrogens with one attached hydrogen (secondary N) is 2. The molecule has 0 bridgehead atoms. The molecule has 0 aliphatic rings. The zero-order valence-electron chi connectivity index (χ0n) is 14.0. The van der Waals surface area contributed by atoms with Crippen molar-refractivity contribution in [3.63, 3.8) is 0 Å². The minimum absolute atomic E-state index is 0.132. The summed E-state index contributed by atoms with van der Waals surface area (Å²) in [6.07, 6.45) is -0.246. The molecule has 1 amide bonds. The first-order valence-electron chi connectivity index (χ1n) is 7.74. The lowest BCUT2D eigenvalue weighted by molar-refractivity contribution is -0.0408. The maximum absolute atomic E-state index is 14.5. The molecule has 146 valence electrons. The average Bonchev–Trinajstić information content (AvgIpc) is 2.64. The summed E-state index contributed by atoms with van der Waals surface area (Å²) in [4.78, 5) is 17.4. The van der Waals surface area contributed by atoms with Gasteiger partial charge in [0.2, 0.25) is 0 Å². The second-order valence-electron chi connectivity index (χ2n) is 5.42. The highest BCUT2D eigenvalue weighted by Crippen LogP contribution is 2.32. The Hall–Kier alpha value is -1.37. The summed E-state index contributed by atoms with van der Waals surface area (Å²) in [5, 5.41) is 11.5. The highest BCUT2D eigenvalue weighted by atomic mass is 127. The molecular weight excluding hydrogens is 544 g/mol. The lowest BCUT2D eigenvalue weighted by Crippen LogP contribution is -2.31. The van der Waals surface area contributed by atoms with Gasteiger partial charge in [0.15, 0.2) is 11.6 Å². The van der Waals surface area contributed by atoms with Crippen molar-refractivity contribution >= 4 is 55.8 Å². The molecule has 0 radical (unpaired) electrons. The highest BCUT2D eigenvalue weighted by molar-refractivity contribution is 14.1. The summed E-state index contributed by atoms with van der Waals surface area (Å²) in [5.74, 6) is -4.18. The van der Waals surface area contributed by atoms with Crippen LogP contribution in [0.15, 0.2) is 28.7 Å². The van der Waals surface area contributed by atoms with E-state index < -0.39 is 35.2 Å². The molecule has 0 aliphatic carbocycles. The van der Waals surface area contributed by atoms with Gasteiger partial charge in [-0.2, -0.15) is 0 Å². The molecule has 10 heteroatoms. The SMILES string of the molecule is CCC(CO)ONC(=O)c1cc(Br)c(F)c(F)c1Nc1ccc(I)cc1F. The van der Waals surface area contributed by atoms with Gasteiger partial charge in [-0.1, -0.05) is 6.92 Å². The molecule has 27 heavy (non-hydrogen) atoms. The van der Waals surface area contributed by atoms with Gasteiger partial charge in [0.25, 0.3) is 5.91 Å². The number of aliphatic hydroxyl groups is 1. The number of benzene rings is 2. The van der Waals surface area contributed by atoms with E-state index in [1.165, 1.54) is 12.1 Å². The third kappa shape index (κ3) is 5.33. The van der Waals surface area contributed by atoms with Crippen LogP contribution in [0.2, 0.25) is 0 Å². The molecular formula is C17H15BrF3IN2O3. The fourth-order valence-corrected chi connectivity index (χ4v) is 2.92. The van der Waals surface area contributed by atoms with Gasteiger partial charge in [-0.05, 0) is 69.2 Å². The van der Waals surface area contributed by atoms with Crippen LogP contribution >= 0.6 is 38.5 Å². The van der Waals surface area contributed by atoms with Gasteiger partial charge in [0.05, 0.1) is 28.0 Å². The van der Waals surface area contributed by atoms with E-state index in [4.69, 9.17) is 9.94 Å². The van der Waals surface area contributed by atoms with Crippen LogP contribution in [-0.4, -0.2) is 23.7 Å². The molecule has 0 aromatic heterocycles. The lowest BCUT2D eigenvalue weighted by Gasteiger charge is -2.17. The number of rotatable bonds is 7. The van der Waals surface area contributed by atoms with Crippen LogP contribution in [0.5, 0.6) is 0 Å². The molecule has 2 rings (SSSR count). The molecule has 0 saturated carbocycles. The first-order chi connectivity index (χ1) is 12.8. The molecule has 1 atom stereocenters. The summed E-state index contributed by atoms with van der Waals surface area (Å²) in [6.45, 7) is 1.39. The molecule has 0 fully saturated rings. The Balaban J connectivity index is 2.40. The number of hydroxylamine groups is 1. The largest absolute Gasteiger partial charge is 0.394 e. The first kappa shape index (κ1) is 21.9. The normalized spacial score (nSPS) is 12.0. The summed E-state index contributed by atoms with van der Waals surface area (Å²) in [6, 6.07) is 5.15. The summed E-state index contributed by atoms with van der Waals surface area (Å²) in [7, 11) is 0. The maximum Gasteiger partial charge on any atom is 0.277 e. The van der Waals surface area contributed by atoms with Gasteiger partial charge in [-0.15, -0.1) is 0 Å². The molecule has 0 spiro atoms. The van der Waals surface area contributed by atoms with Crippen molar-refractivity contribution in [2.45, 2.75) is 19.4 Å². The van der Waals surface area contributed by atoms with Gasteiger partial charge >= 0.3 is 0 Å². The number of hydrogen-bond donors (Lipinski definition) is 3. The number of halogens is 5. The Labute approximate surface area is 175 Å². The predicted octanol–water partition coefficient (Wildman–Crippen LogP) is 4.65. The van der Waals surface area contributed by atoms with Crippen molar-refractivity contribution in [2.75, 3.05) is 11.9 Å². The van der Waals surface area contributed by atoms with Gasteiger partial charge in [0, 0.05) is 3.57 Å². The number of carbonyl (C=O) groups is 1. The average molecular weight is 559 g/mol. The molecule has 2 aromatic rings. The standard InChI is InChI=1S/C17H15BrF3IN2O3/c1-2-9(7-25)27-24-17(26)10-6-11(18)14(20)15(21)16(10)23-13-4-3-8(22)5-12(13)19/h3-6,9,23,25H,2,7H2,1H3,(H,24,26). The van der Waals surface area contributed by atoms with Gasteiger partial charge in [-0.25, -0.2) is 18.7 Å². The Morgan fingerprint density at radius 2 is 2.00 bits per heavy atom. The van der Waals surface area contributed by atoms with Crippen molar-refractivity contribution < 1.29 is 27.9 Å². The third-order valence-electron chi connectivity index (χ3n) is 3.57.